The molecule has 0 aromatic heterocycles. The predicted molar refractivity (Wildman–Crippen MR) is 132 cm³/mol. The third kappa shape index (κ3) is 6.35. The van der Waals surface area contributed by atoms with Gasteiger partial charge in [-0.15, -0.1) is 0 Å². The van der Waals surface area contributed by atoms with Crippen molar-refractivity contribution in [3.05, 3.63) is 89.0 Å². The Bertz CT molecular complexity index is 1220. The first-order chi connectivity index (χ1) is 15.5. The van der Waals surface area contributed by atoms with Gasteiger partial charge in [-0.25, -0.2) is 8.42 Å². The fourth-order valence-corrected chi connectivity index (χ4v) is 4.51. The third-order valence-corrected chi connectivity index (χ3v) is 6.66. The van der Waals surface area contributed by atoms with E-state index in [1.807, 2.05) is 51.1 Å². The molecule has 0 heterocycles. The minimum Gasteiger partial charge on any atom is -0.457 e. The van der Waals surface area contributed by atoms with Gasteiger partial charge in [-0.1, -0.05) is 30.3 Å². The maximum atomic E-state index is 12.8. The van der Waals surface area contributed by atoms with Gasteiger partial charge in [0.1, 0.15) is 18.0 Å². The molecule has 7 heteroatoms. The van der Waals surface area contributed by atoms with Crippen LogP contribution in [-0.4, -0.2) is 27.1 Å². The van der Waals surface area contributed by atoms with Gasteiger partial charge in [0.2, 0.25) is 15.9 Å². The molecular formula is C26H30N2O4S. The lowest BCUT2D eigenvalue weighted by Gasteiger charge is -2.24. The topological polar surface area (TPSA) is 75.7 Å². The van der Waals surface area contributed by atoms with E-state index < -0.39 is 10.0 Å². The maximum Gasteiger partial charge on any atom is 0.241 e. The number of rotatable bonds is 8. The first-order valence-corrected chi connectivity index (χ1v) is 12.6. The van der Waals surface area contributed by atoms with Crippen LogP contribution in [0.25, 0.3) is 0 Å². The molecule has 3 aromatic carbocycles. The summed E-state index contributed by atoms with van der Waals surface area (Å²) in [5.74, 6) is 0.872. The summed E-state index contributed by atoms with van der Waals surface area (Å²) in [6.45, 7) is 7.67. The van der Waals surface area contributed by atoms with Crippen LogP contribution >= 0.6 is 0 Å². The molecule has 1 N–H and O–H groups in total. The van der Waals surface area contributed by atoms with Crippen molar-refractivity contribution in [1.82, 2.24) is 5.32 Å². The largest absolute Gasteiger partial charge is 0.457 e. The lowest BCUT2D eigenvalue weighted by molar-refractivity contribution is -0.120. The van der Waals surface area contributed by atoms with Gasteiger partial charge in [-0.3, -0.25) is 9.10 Å². The number of ether oxygens (including phenoxy) is 1. The highest BCUT2D eigenvalue weighted by atomic mass is 32.2. The lowest BCUT2D eigenvalue weighted by Crippen LogP contribution is -2.41. The lowest BCUT2D eigenvalue weighted by atomic mass is 9.96. The zero-order valence-corrected chi connectivity index (χ0v) is 20.4. The Morgan fingerprint density at radius 2 is 1.48 bits per heavy atom. The number of hydrogen-bond acceptors (Lipinski definition) is 4. The third-order valence-electron chi connectivity index (χ3n) is 5.52. The van der Waals surface area contributed by atoms with Crippen LogP contribution in [0.4, 0.5) is 5.69 Å². The van der Waals surface area contributed by atoms with Crippen LogP contribution in [0, 0.1) is 20.8 Å². The fourth-order valence-electron chi connectivity index (χ4n) is 3.65. The van der Waals surface area contributed by atoms with Gasteiger partial charge in [0.05, 0.1) is 18.0 Å². The quantitative estimate of drug-likeness (QED) is 0.504. The van der Waals surface area contributed by atoms with Gasteiger partial charge in [-0.05, 0) is 86.3 Å². The minimum absolute atomic E-state index is 0.250. The number of benzene rings is 3. The average Bonchev–Trinajstić information content (AvgIpc) is 2.75. The molecule has 0 aliphatic heterocycles. The number of carbonyl (C=O) groups excluding carboxylic acids is 1. The number of nitrogens with zero attached hydrogens (tertiary/aromatic N) is 1. The zero-order valence-electron chi connectivity index (χ0n) is 19.6. The van der Waals surface area contributed by atoms with Crippen LogP contribution in [0.15, 0.2) is 66.7 Å². The van der Waals surface area contributed by atoms with E-state index in [2.05, 4.69) is 24.4 Å². The Morgan fingerprint density at radius 1 is 0.909 bits per heavy atom. The van der Waals surface area contributed by atoms with E-state index in [-0.39, 0.29) is 18.5 Å². The Balaban J connectivity index is 1.73. The number of carbonyl (C=O) groups is 1. The molecule has 1 amide bonds. The summed E-state index contributed by atoms with van der Waals surface area (Å²) in [6.07, 6.45) is 1.09. The fraction of sp³-hybridized carbons (Fsp3) is 0.269. The molecule has 3 rings (SSSR count). The molecule has 0 saturated carbocycles. The number of para-hydroxylation sites is 1. The second-order valence-electron chi connectivity index (χ2n) is 8.26. The first kappa shape index (κ1) is 24.3. The number of nitrogens with one attached hydrogen (secondary N) is 1. The number of anilines is 1. The van der Waals surface area contributed by atoms with Crippen molar-refractivity contribution in [3.63, 3.8) is 0 Å². The molecule has 1 unspecified atom stereocenters. The number of sulfonamides is 1. The molecule has 3 aromatic rings. The van der Waals surface area contributed by atoms with Crippen molar-refractivity contribution >= 4 is 21.6 Å². The standard InChI is InChI=1S/C26H30N2O4S/c1-18-15-20(3)25(16-19(18)2)21(4)27-26(29)17-28(33(5,30)31)22-11-13-24(14-12-22)32-23-9-7-6-8-10-23/h6-16,21H,17H2,1-5H3,(H,27,29). The van der Waals surface area contributed by atoms with E-state index in [1.165, 1.54) is 5.56 Å². The molecule has 0 fully saturated rings. The van der Waals surface area contributed by atoms with E-state index >= 15 is 0 Å². The van der Waals surface area contributed by atoms with E-state index in [1.54, 1.807) is 24.3 Å². The molecule has 0 radical (unpaired) electrons. The van der Waals surface area contributed by atoms with E-state index in [9.17, 15) is 13.2 Å². The van der Waals surface area contributed by atoms with Crippen LogP contribution in [0.3, 0.4) is 0 Å². The summed E-state index contributed by atoms with van der Waals surface area (Å²) in [7, 11) is -3.67. The Kier molecular flexibility index (Phi) is 7.43. The molecule has 0 spiro atoms. The van der Waals surface area contributed by atoms with E-state index in [0.29, 0.717) is 17.2 Å². The average molecular weight is 467 g/mol. The summed E-state index contributed by atoms with van der Waals surface area (Å²) in [5, 5.41) is 2.93. The molecule has 6 nitrogen and oxygen atoms in total. The highest BCUT2D eigenvalue weighted by Crippen LogP contribution is 2.26. The van der Waals surface area contributed by atoms with Gasteiger partial charge in [0, 0.05) is 0 Å². The van der Waals surface area contributed by atoms with Gasteiger partial charge < -0.3 is 10.1 Å². The summed E-state index contributed by atoms with van der Waals surface area (Å²) < 4.78 is 31.8. The van der Waals surface area contributed by atoms with Gasteiger partial charge in [-0.2, -0.15) is 0 Å². The molecule has 174 valence electrons. The number of hydrogen-bond donors (Lipinski definition) is 1. The van der Waals surface area contributed by atoms with Crippen LogP contribution in [0.5, 0.6) is 11.5 Å². The number of amides is 1. The van der Waals surface area contributed by atoms with Crippen LogP contribution in [0.1, 0.15) is 35.2 Å². The second kappa shape index (κ2) is 10.1. The zero-order chi connectivity index (χ0) is 24.2. The van der Waals surface area contributed by atoms with Crippen LogP contribution in [0.2, 0.25) is 0 Å². The van der Waals surface area contributed by atoms with Gasteiger partial charge >= 0.3 is 0 Å². The summed E-state index contributed by atoms with van der Waals surface area (Å²) >= 11 is 0. The predicted octanol–water partition coefficient (Wildman–Crippen LogP) is 5.05. The van der Waals surface area contributed by atoms with Crippen molar-refractivity contribution in [2.24, 2.45) is 0 Å². The Morgan fingerprint density at radius 3 is 2.09 bits per heavy atom. The van der Waals surface area contributed by atoms with Gasteiger partial charge in [0.15, 0.2) is 0 Å². The van der Waals surface area contributed by atoms with E-state index in [0.717, 1.165) is 27.3 Å². The van der Waals surface area contributed by atoms with Crippen molar-refractivity contribution in [2.75, 3.05) is 17.1 Å². The normalized spacial score (nSPS) is 12.2. The Hall–Kier alpha value is -3.32. The maximum absolute atomic E-state index is 12.8. The molecule has 1 atom stereocenters. The molecule has 0 aliphatic rings. The second-order valence-corrected chi connectivity index (χ2v) is 10.2. The Labute approximate surface area is 196 Å². The highest BCUT2D eigenvalue weighted by molar-refractivity contribution is 7.92. The highest BCUT2D eigenvalue weighted by Gasteiger charge is 2.22. The summed E-state index contributed by atoms with van der Waals surface area (Å²) in [4.78, 5) is 12.8. The summed E-state index contributed by atoms with van der Waals surface area (Å²) in [6, 6.07) is 19.8. The van der Waals surface area contributed by atoms with Crippen molar-refractivity contribution < 1.29 is 17.9 Å². The van der Waals surface area contributed by atoms with E-state index in [4.69, 9.17) is 4.74 Å². The SMILES string of the molecule is Cc1cc(C)c(C(C)NC(=O)CN(c2ccc(Oc3ccccc3)cc2)S(C)(=O)=O)cc1C. The van der Waals surface area contributed by atoms with Crippen molar-refractivity contribution in [3.8, 4) is 11.5 Å². The van der Waals surface area contributed by atoms with Crippen molar-refractivity contribution in [2.45, 2.75) is 33.7 Å². The number of aryl methyl sites for hydroxylation is 3. The molecule has 0 saturated heterocycles. The minimum atomic E-state index is -3.67. The molecular weight excluding hydrogens is 436 g/mol. The van der Waals surface area contributed by atoms with Crippen LogP contribution in [-0.2, 0) is 14.8 Å². The van der Waals surface area contributed by atoms with Crippen LogP contribution < -0.4 is 14.4 Å². The first-order valence-electron chi connectivity index (χ1n) is 10.7. The molecule has 0 bridgehead atoms. The monoisotopic (exact) mass is 466 g/mol. The van der Waals surface area contributed by atoms with Gasteiger partial charge in [0.25, 0.3) is 0 Å². The summed E-state index contributed by atoms with van der Waals surface area (Å²) in [5.41, 5.74) is 4.83. The smallest absolute Gasteiger partial charge is 0.241 e. The van der Waals surface area contributed by atoms with Crippen molar-refractivity contribution in [1.29, 1.82) is 0 Å². The molecule has 0 aliphatic carbocycles. The molecule has 33 heavy (non-hydrogen) atoms.